The van der Waals surface area contributed by atoms with Crippen LogP contribution in [-0.4, -0.2) is 36.4 Å². The van der Waals surface area contributed by atoms with Crippen molar-refractivity contribution in [3.63, 3.8) is 0 Å². The zero-order valence-electron chi connectivity index (χ0n) is 18.1. The van der Waals surface area contributed by atoms with Crippen LogP contribution in [0.4, 0.5) is 4.39 Å². The predicted molar refractivity (Wildman–Crippen MR) is 123 cm³/mol. The second kappa shape index (κ2) is 7.81. The number of benzene rings is 2. The van der Waals surface area contributed by atoms with Crippen molar-refractivity contribution in [1.29, 1.82) is 0 Å². The quantitative estimate of drug-likeness (QED) is 0.400. The van der Waals surface area contributed by atoms with Crippen molar-refractivity contribution in [1.82, 2.24) is 29.3 Å². The molecular formula is C25H21FN6O. The van der Waals surface area contributed by atoms with Crippen LogP contribution in [0.1, 0.15) is 18.5 Å². The van der Waals surface area contributed by atoms with Crippen molar-refractivity contribution in [2.45, 2.75) is 25.8 Å². The van der Waals surface area contributed by atoms with Gasteiger partial charge in [0, 0.05) is 36.1 Å². The number of methoxy groups -OCH3 is 1. The first kappa shape index (κ1) is 19.6. The Bertz CT molecular complexity index is 1490. The van der Waals surface area contributed by atoms with Gasteiger partial charge in [0.15, 0.2) is 11.6 Å². The van der Waals surface area contributed by atoms with Gasteiger partial charge in [-0.3, -0.25) is 4.98 Å². The average molecular weight is 440 g/mol. The molecule has 2 aromatic carbocycles. The maximum Gasteiger partial charge on any atom is 0.200 e. The Morgan fingerprint density at radius 2 is 1.82 bits per heavy atom. The van der Waals surface area contributed by atoms with Crippen molar-refractivity contribution in [2.75, 3.05) is 7.11 Å². The second-order valence-electron chi connectivity index (χ2n) is 8.09. The van der Waals surface area contributed by atoms with Gasteiger partial charge >= 0.3 is 0 Å². The van der Waals surface area contributed by atoms with Gasteiger partial charge in [0.25, 0.3) is 0 Å². The van der Waals surface area contributed by atoms with Gasteiger partial charge in [0.1, 0.15) is 22.9 Å². The lowest BCUT2D eigenvalue weighted by atomic mass is 10.1. The van der Waals surface area contributed by atoms with E-state index in [1.807, 2.05) is 42.7 Å². The number of pyridine rings is 1. The Balaban J connectivity index is 1.57. The Hall–Kier alpha value is -4.07. The van der Waals surface area contributed by atoms with Crippen LogP contribution in [0.2, 0.25) is 0 Å². The van der Waals surface area contributed by atoms with E-state index in [0.717, 1.165) is 42.4 Å². The van der Waals surface area contributed by atoms with Crippen molar-refractivity contribution < 1.29 is 9.13 Å². The van der Waals surface area contributed by atoms with Gasteiger partial charge in [-0.05, 0) is 42.8 Å². The zero-order valence-corrected chi connectivity index (χ0v) is 18.1. The number of aromatic nitrogens is 6. The lowest BCUT2D eigenvalue weighted by molar-refractivity contribution is 0.408. The molecule has 8 heteroatoms. The van der Waals surface area contributed by atoms with E-state index < -0.39 is 0 Å². The minimum absolute atomic E-state index is 0.365. The highest BCUT2D eigenvalue weighted by molar-refractivity contribution is 5.84. The van der Waals surface area contributed by atoms with Crippen LogP contribution in [-0.2, 0) is 13.0 Å². The Morgan fingerprint density at radius 3 is 2.70 bits per heavy atom. The molecule has 1 aliphatic rings. The summed E-state index contributed by atoms with van der Waals surface area (Å²) in [5.74, 6) is 1.75. The minimum atomic E-state index is -0.383. The molecule has 0 fully saturated rings. The van der Waals surface area contributed by atoms with E-state index in [9.17, 15) is 4.39 Å². The third-order valence-corrected chi connectivity index (χ3v) is 6.04. The Morgan fingerprint density at radius 1 is 0.939 bits per heavy atom. The Kier molecular flexibility index (Phi) is 4.64. The van der Waals surface area contributed by atoms with E-state index in [1.165, 1.54) is 24.9 Å². The molecular weight excluding hydrogens is 419 g/mol. The van der Waals surface area contributed by atoms with E-state index in [0.29, 0.717) is 28.8 Å². The number of rotatable bonds is 4. The molecule has 3 aromatic heterocycles. The van der Waals surface area contributed by atoms with Crippen molar-refractivity contribution in [3.05, 3.63) is 72.4 Å². The smallest absolute Gasteiger partial charge is 0.200 e. The van der Waals surface area contributed by atoms with Gasteiger partial charge in [-0.15, -0.1) is 5.10 Å². The van der Waals surface area contributed by atoms with Crippen LogP contribution >= 0.6 is 0 Å². The van der Waals surface area contributed by atoms with Crippen LogP contribution < -0.4 is 4.74 Å². The van der Waals surface area contributed by atoms with Crippen LogP contribution in [0.5, 0.6) is 5.75 Å². The number of imidazole rings is 1. The summed E-state index contributed by atoms with van der Waals surface area (Å²) in [5, 5.41) is 6.89. The zero-order chi connectivity index (χ0) is 22.4. The van der Waals surface area contributed by atoms with Crippen molar-refractivity contribution >= 4 is 10.8 Å². The first-order valence-electron chi connectivity index (χ1n) is 10.9. The highest BCUT2D eigenvalue weighted by atomic mass is 19.1. The lowest BCUT2D eigenvalue weighted by Gasteiger charge is -2.16. The summed E-state index contributed by atoms with van der Waals surface area (Å²) < 4.78 is 23.2. The van der Waals surface area contributed by atoms with E-state index in [2.05, 4.69) is 14.5 Å². The van der Waals surface area contributed by atoms with E-state index in [-0.39, 0.29) is 5.82 Å². The molecule has 7 nitrogen and oxygen atoms in total. The van der Waals surface area contributed by atoms with Crippen molar-refractivity contribution in [3.8, 4) is 34.6 Å². The van der Waals surface area contributed by atoms with E-state index in [4.69, 9.17) is 14.8 Å². The number of nitrogens with zero attached hydrogens (tertiary/aromatic N) is 6. The maximum absolute atomic E-state index is 13.9. The first-order chi connectivity index (χ1) is 16.2. The molecule has 6 rings (SSSR count). The molecule has 0 spiro atoms. The monoisotopic (exact) mass is 440 g/mol. The predicted octanol–water partition coefficient (Wildman–Crippen LogP) is 4.83. The molecule has 0 amide bonds. The minimum Gasteiger partial charge on any atom is -0.494 e. The van der Waals surface area contributed by atoms with E-state index >= 15 is 0 Å². The number of hydrogen-bond acceptors (Lipinski definition) is 5. The highest BCUT2D eigenvalue weighted by Gasteiger charge is 2.24. The number of fused-ring (bicyclic) bond motifs is 2. The molecule has 0 radical (unpaired) electrons. The van der Waals surface area contributed by atoms with Crippen LogP contribution in [0.25, 0.3) is 39.6 Å². The molecule has 0 bridgehead atoms. The third-order valence-electron chi connectivity index (χ3n) is 6.04. The summed E-state index contributed by atoms with van der Waals surface area (Å²) in [6.07, 6.45) is 6.95. The fourth-order valence-electron chi connectivity index (χ4n) is 4.38. The molecule has 5 aromatic rings. The van der Waals surface area contributed by atoms with Gasteiger partial charge in [-0.1, -0.05) is 24.3 Å². The first-order valence-corrected chi connectivity index (χ1v) is 10.9. The highest BCUT2D eigenvalue weighted by Crippen LogP contribution is 2.31. The SMILES string of the molecule is COc1cc(F)ccc1-n1nc(-c2cc3ccccc3cn2)nc1-c1ncc2n1CCCC2. The summed E-state index contributed by atoms with van der Waals surface area (Å²) in [6.45, 7) is 0.877. The maximum atomic E-state index is 13.9. The molecule has 0 saturated carbocycles. The van der Waals surface area contributed by atoms with E-state index in [1.54, 1.807) is 10.7 Å². The van der Waals surface area contributed by atoms with Gasteiger partial charge in [-0.2, -0.15) is 0 Å². The summed E-state index contributed by atoms with van der Waals surface area (Å²) in [5.41, 5.74) is 2.42. The van der Waals surface area contributed by atoms with Crippen LogP contribution in [0.3, 0.4) is 0 Å². The molecule has 0 saturated heterocycles. The van der Waals surface area contributed by atoms with Gasteiger partial charge in [0.05, 0.1) is 7.11 Å². The molecule has 1 aliphatic heterocycles. The standard InChI is InChI=1S/C25H21FN6O/c1-33-22-13-18(26)9-10-21(22)32-25(24-28-15-19-8-4-5-11-31(19)24)29-23(30-32)20-12-16-6-2-3-7-17(16)14-27-20/h2-3,6-7,9-10,12-15H,4-5,8,11H2,1H3. The van der Waals surface area contributed by atoms with Crippen molar-refractivity contribution in [2.24, 2.45) is 0 Å². The number of halogens is 1. The van der Waals surface area contributed by atoms with Crippen LogP contribution in [0.15, 0.2) is 60.9 Å². The molecule has 4 heterocycles. The summed E-state index contributed by atoms with van der Waals surface area (Å²) in [6, 6.07) is 14.4. The molecule has 0 atom stereocenters. The fourth-order valence-corrected chi connectivity index (χ4v) is 4.38. The topological polar surface area (TPSA) is 70.7 Å². The molecule has 0 N–H and O–H groups in total. The molecule has 0 unspecified atom stereocenters. The average Bonchev–Trinajstić information content (AvgIpc) is 3.48. The summed E-state index contributed by atoms with van der Waals surface area (Å²) in [7, 11) is 1.51. The van der Waals surface area contributed by atoms with Crippen LogP contribution in [0, 0.1) is 5.82 Å². The fraction of sp³-hybridized carbons (Fsp3) is 0.200. The third kappa shape index (κ3) is 3.34. The summed E-state index contributed by atoms with van der Waals surface area (Å²) >= 11 is 0. The lowest BCUT2D eigenvalue weighted by Crippen LogP contribution is -2.13. The molecule has 164 valence electrons. The number of hydrogen-bond donors (Lipinski definition) is 0. The normalized spacial score (nSPS) is 13.3. The Labute approximate surface area is 189 Å². The molecule has 33 heavy (non-hydrogen) atoms. The molecule has 0 aliphatic carbocycles. The summed E-state index contributed by atoms with van der Waals surface area (Å²) in [4.78, 5) is 14.2. The van der Waals surface area contributed by atoms with Gasteiger partial charge in [-0.25, -0.2) is 19.0 Å². The number of ether oxygens (including phenoxy) is 1. The number of aryl methyl sites for hydroxylation is 1. The largest absolute Gasteiger partial charge is 0.494 e. The van der Waals surface area contributed by atoms with Gasteiger partial charge < -0.3 is 9.30 Å². The van der Waals surface area contributed by atoms with Gasteiger partial charge in [0.2, 0.25) is 5.82 Å². The second-order valence-corrected chi connectivity index (χ2v) is 8.09.